The molecule has 1 N–H and O–H groups in total. The molecule has 3 nitrogen and oxygen atoms in total. The third-order valence-electron chi connectivity index (χ3n) is 2.76. The number of rotatable bonds is 5. The van der Waals surface area contributed by atoms with E-state index >= 15 is 0 Å². The molecule has 0 aliphatic rings. The van der Waals surface area contributed by atoms with Gasteiger partial charge in [-0.25, -0.2) is 0 Å². The maximum Gasteiger partial charge on any atom is 0.138 e. The van der Waals surface area contributed by atoms with Gasteiger partial charge in [0.1, 0.15) is 6.04 Å². The number of halogens is 1. The minimum absolute atomic E-state index is 0.375. The first-order chi connectivity index (χ1) is 9.29. The Morgan fingerprint density at radius 1 is 1.26 bits per heavy atom. The highest BCUT2D eigenvalue weighted by Crippen LogP contribution is 2.12. The van der Waals surface area contributed by atoms with Crippen LogP contribution in [0.2, 0.25) is 5.02 Å². The van der Waals surface area contributed by atoms with Crippen molar-refractivity contribution in [2.75, 3.05) is 6.54 Å². The van der Waals surface area contributed by atoms with E-state index in [9.17, 15) is 0 Å². The lowest BCUT2D eigenvalue weighted by Gasteiger charge is -2.10. The number of nitriles is 1. The lowest BCUT2D eigenvalue weighted by molar-refractivity contribution is 0.617. The molecule has 1 heterocycles. The van der Waals surface area contributed by atoms with Crippen LogP contribution in [0.3, 0.4) is 0 Å². The average molecular weight is 272 g/mol. The van der Waals surface area contributed by atoms with Crippen molar-refractivity contribution in [3.8, 4) is 6.07 Å². The topological polar surface area (TPSA) is 48.7 Å². The molecule has 19 heavy (non-hydrogen) atoms. The summed E-state index contributed by atoms with van der Waals surface area (Å²) in [5.74, 6) is 0. The Morgan fingerprint density at radius 3 is 2.84 bits per heavy atom. The number of nitrogens with one attached hydrogen (secondary N) is 1. The minimum Gasteiger partial charge on any atom is -0.297 e. The van der Waals surface area contributed by atoms with E-state index in [0.29, 0.717) is 6.54 Å². The fourth-order valence-electron chi connectivity index (χ4n) is 1.82. The van der Waals surface area contributed by atoms with Crippen LogP contribution in [0, 0.1) is 11.3 Å². The molecule has 4 heteroatoms. The van der Waals surface area contributed by atoms with Crippen LogP contribution >= 0.6 is 11.6 Å². The van der Waals surface area contributed by atoms with Gasteiger partial charge in [-0.15, -0.1) is 0 Å². The summed E-state index contributed by atoms with van der Waals surface area (Å²) in [6.45, 7) is 0.704. The second kappa shape index (κ2) is 6.89. The Bertz CT molecular complexity index is 563. The highest BCUT2D eigenvalue weighted by Gasteiger charge is 2.09. The van der Waals surface area contributed by atoms with Crippen LogP contribution < -0.4 is 5.32 Å². The van der Waals surface area contributed by atoms with Gasteiger partial charge in [0.05, 0.1) is 11.8 Å². The van der Waals surface area contributed by atoms with Gasteiger partial charge in [0, 0.05) is 17.8 Å². The number of pyridine rings is 1. The predicted octanol–water partition coefficient (Wildman–Crippen LogP) is 3.13. The Morgan fingerprint density at radius 2 is 2.16 bits per heavy atom. The normalized spacial score (nSPS) is 11.8. The summed E-state index contributed by atoms with van der Waals surface area (Å²) < 4.78 is 0. The molecule has 2 aromatic rings. The van der Waals surface area contributed by atoms with E-state index in [-0.39, 0.29) is 6.04 Å². The molecule has 1 atom stereocenters. The SMILES string of the molecule is N#CC(NCCc1cccc(Cl)c1)c1ccccn1. The van der Waals surface area contributed by atoms with Crippen molar-refractivity contribution in [2.24, 2.45) is 0 Å². The molecular weight excluding hydrogens is 258 g/mol. The van der Waals surface area contributed by atoms with Crippen molar-refractivity contribution in [3.05, 3.63) is 64.9 Å². The molecule has 0 amide bonds. The highest BCUT2D eigenvalue weighted by molar-refractivity contribution is 6.30. The van der Waals surface area contributed by atoms with Crippen molar-refractivity contribution >= 4 is 11.6 Å². The van der Waals surface area contributed by atoms with Gasteiger partial charge < -0.3 is 0 Å². The summed E-state index contributed by atoms with van der Waals surface area (Å²) in [6, 6.07) is 15.1. The van der Waals surface area contributed by atoms with E-state index in [2.05, 4.69) is 16.4 Å². The van der Waals surface area contributed by atoms with Gasteiger partial charge in [0.25, 0.3) is 0 Å². The summed E-state index contributed by atoms with van der Waals surface area (Å²) in [6.07, 6.45) is 2.52. The molecule has 1 aromatic heterocycles. The zero-order valence-electron chi connectivity index (χ0n) is 10.4. The molecule has 0 bridgehead atoms. The Labute approximate surface area is 117 Å². The van der Waals surface area contributed by atoms with Crippen LogP contribution in [-0.2, 0) is 6.42 Å². The van der Waals surface area contributed by atoms with E-state index in [0.717, 1.165) is 22.7 Å². The summed E-state index contributed by atoms with van der Waals surface area (Å²) in [7, 11) is 0. The largest absolute Gasteiger partial charge is 0.297 e. The van der Waals surface area contributed by atoms with Crippen LogP contribution in [0.15, 0.2) is 48.7 Å². The van der Waals surface area contributed by atoms with Gasteiger partial charge in [-0.3, -0.25) is 10.3 Å². The molecule has 0 spiro atoms. The lowest BCUT2D eigenvalue weighted by Crippen LogP contribution is -2.23. The highest BCUT2D eigenvalue weighted by atomic mass is 35.5. The van der Waals surface area contributed by atoms with Crippen molar-refractivity contribution in [2.45, 2.75) is 12.5 Å². The second-order valence-corrected chi connectivity index (χ2v) is 4.59. The standard InChI is InChI=1S/C15H14ClN3/c16-13-5-3-4-12(10-13)7-9-19-15(11-17)14-6-1-2-8-18-14/h1-6,8,10,15,19H,7,9H2. The van der Waals surface area contributed by atoms with E-state index in [1.807, 2.05) is 42.5 Å². The zero-order chi connectivity index (χ0) is 13.5. The molecule has 0 aliphatic carbocycles. The molecule has 0 fully saturated rings. The Kier molecular flexibility index (Phi) is 4.91. The molecule has 2 rings (SSSR count). The second-order valence-electron chi connectivity index (χ2n) is 4.15. The van der Waals surface area contributed by atoms with Gasteiger partial charge in [-0.2, -0.15) is 5.26 Å². The molecule has 0 radical (unpaired) electrons. The monoisotopic (exact) mass is 271 g/mol. The van der Waals surface area contributed by atoms with Gasteiger partial charge in [0.15, 0.2) is 0 Å². The van der Waals surface area contributed by atoms with Gasteiger partial charge in [-0.05, 0) is 36.2 Å². The number of nitrogens with zero attached hydrogens (tertiary/aromatic N) is 2. The lowest BCUT2D eigenvalue weighted by atomic mass is 10.1. The Balaban J connectivity index is 1.90. The summed E-state index contributed by atoms with van der Waals surface area (Å²) in [5, 5.41) is 13.1. The summed E-state index contributed by atoms with van der Waals surface area (Å²) in [5.41, 5.74) is 1.90. The molecule has 1 unspecified atom stereocenters. The van der Waals surface area contributed by atoms with E-state index in [1.54, 1.807) is 6.20 Å². The quantitative estimate of drug-likeness (QED) is 0.909. The van der Waals surface area contributed by atoms with Crippen LogP contribution in [0.5, 0.6) is 0 Å². The first kappa shape index (κ1) is 13.5. The van der Waals surface area contributed by atoms with Gasteiger partial charge in [-0.1, -0.05) is 29.8 Å². The van der Waals surface area contributed by atoms with Crippen molar-refractivity contribution < 1.29 is 0 Å². The van der Waals surface area contributed by atoms with Gasteiger partial charge >= 0.3 is 0 Å². The maximum atomic E-state index is 9.15. The molecule has 0 saturated carbocycles. The fourth-order valence-corrected chi connectivity index (χ4v) is 2.03. The Hall–Kier alpha value is -1.89. The molecule has 1 aromatic carbocycles. The number of hydrogen-bond acceptors (Lipinski definition) is 3. The van der Waals surface area contributed by atoms with E-state index in [4.69, 9.17) is 16.9 Å². The van der Waals surface area contributed by atoms with Crippen molar-refractivity contribution in [3.63, 3.8) is 0 Å². The van der Waals surface area contributed by atoms with Crippen LogP contribution in [0.25, 0.3) is 0 Å². The summed E-state index contributed by atoms with van der Waals surface area (Å²) in [4.78, 5) is 4.18. The number of hydrogen-bond donors (Lipinski definition) is 1. The first-order valence-corrected chi connectivity index (χ1v) is 6.46. The molecule has 0 saturated heterocycles. The molecule has 0 aliphatic heterocycles. The average Bonchev–Trinajstić information content (AvgIpc) is 2.45. The summed E-state index contributed by atoms with van der Waals surface area (Å²) >= 11 is 5.93. The van der Waals surface area contributed by atoms with Crippen molar-refractivity contribution in [1.82, 2.24) is 10.3 Å². The van der Waals surface area contributed by atoms with Gasteiger partial charge in [0.2, 0.25) is 0 Å². The van der Waals surface area contributed by atoms with Crippen LogP contribution in [0.4, 0.5) is 0 Å². The number of aromatic nitrogens is 1. The van der Waals surface area contributed by atoms with E-state index < -0.39 is 0 Å². The molecule has 96 valence electrons. The number of benzene rings is 1. The predicted molar refractivity (Wildman–Crippen MR) is 75.7 cm³/mol. The zero-order valence-corrected chi connectivity index (χ0v) is 11.1. The minimum atomic E-state index is -0.375. The fraction of sp³-hybridized carbons (Fsp3) is 0.200. The first-order valence-electron chi connectivity index (χ1n) is 6.08. The van der Waals surface area contributed by atoms with Crippen LogP contribution in [0.1, 0.15) is 17.3 Å². The van der Waals surface area contributed by atoms with Crippen LogP contribution in [-0.4, -0.2) is 11.5 Å². The van der Waals surface area contributed by atoms with E-state index in [1.165, 1.54) is 0 Å². The third kappa shape index (κ3) is 4.06. The van der Waals surface area contributed by atoms with Crippen molar-refractivity contribution in [1.29, 1.82) is 5.26 Å². The third-order valence-corrected chi connectivity index (χ3v) is 3.00. The maximum absolute atomic E-state index is 9.15. The smallest absolute Gasteiger partial charge is 0.138 e. The molecular formula is C15H14ClN3.